The quantitative estimate of drug-likeness (QED) is 0.468. The molecule has 2 aliphatic rings. The van der Waals surface area contributed by atoms with Gasteiger partial charge in [0.25, 0.3) is 5.91 Å². The van der Waals surface area contributed by atoms with Crippen LogP contribution in [-0.4, -0.2) is 28.3 Å². The van der Waals surface area contributed by atoms with Gasteiger partial charge in [0.15, 0.2) is 0 Å². The van der Waals surface area contributed by atoms with Gasteiger partial charge in [-0.1, -0.05) is 41.7 Å². The molecule has 0 bridgehead atoms. The zero-order valence-corrected chi connectivity index (χ0v) is 13.9. The molecule has 0 N–H and O–H groups in total. The number of amides is 1. The number of fused-ring (bicyclic) bond motifs is 1. The van der Waals surface area contributed by atoms with Crippen molar-refractivity contribution in [2.24, 2.45) is 0 Å². The third-order valence-corrected chi connectivity index (χ3v) is 4.82. The molecule has 112 valence electrons. The number of thiocarbonyl (C=S) groups is 1. The van der Waals surface area contributed by atoms with Crippen molar-refractivity contribution in [1.29, 1.82) is 0 Å². The van der Waals surface area contributed by atoms with Crippen LogP contribution in [0.2, 0.25) is 5.02 Å². The van der Waals surface area contributed by atoms with Crippen molar-refractivity contribution in [2.45, 2.75) is 0 Å². The smallest absolute Gasteiger partial charge is 0.266 e. The van der Waals surface area contributed by atoms with E-state index in [9.17, 15) is 4.79 Å². The maximum atomic E-state index is 12.3. The van der Waals surface area contributed by atoms with Crippen LogP contribution < -0.4 is 4.74 Å². The summed E-state index contributed by atoms with van der Waals surface area (Å²) in [7, 11) is 0. The van der Waals surface area contributed by atoms with Crippen molar-refractivity contribution in [3.8, 4) is 5.75 Å². The molecule has 0 aliphatic carbocycles. The van der Waals surface area contributed by atoms with Crippen LogP contribution in [0.4, 0.5) is 0 Å². The van der Waals surface area contributed by atoms with Gasteiger partial charge in [-0.25, -0.2) is 0 Å². The summed E-state index contributed by atoms with van der Waals surface area (Å²) in [6, 6.07) is 5.47. The maximum absolute atomic E-state index is 12.3. The van der Waals surface area contributed by atoms with Gasteiger partial charge in [0.1, 0.15) is 16.7 Å². The first-order chi connectivity index (χ1) is 10.6. The lowest BCUT2D eigenvalue weighted by Crippen LogP contribution is -2.27. The molecule has 0 spiro atoms. The van der Waals surface area contributed by atoms with E-state index in [0.717, 1.165) is 16.9 Å². The van der Waals surface area contributed by atoms with Crippen molar-refractivity contribution in [2.75, 3.05) is 13.2 Å². The Labute approximate surface area is 143 Å². The third-order valence-electron chi connectivity index (χ3n) is 3.21. The fourth-order valence-electron chi connectivity index (χ4n) is 2.20. The molecule has 1 aromatic rings. The number of thioether (sulfide) groups is 1. The summed E-state index contributed by atoms with van der Waals surface area (Å²) in [6.45, 7) is 4.48. The van der Waals surface area contributed by atoms with Crippen molar-refractivity contribution < 1.29 is 9.53 Å². The number of rotatable bonds is 3. The topological polar surface area (TPSA) is 29.5 Å². The standard InChI is InChI=1S/C16H12ClNO2S2/c1-2-5-18-15(19)14(22-16(18)21)7-10-6-11-8-12(17)3-4-13(11)20-9-10/h2-4,6-8H,1,5,9H2/b14-7-. The first kappa shape index (κ1) is 15.3. The number of hydrogen-bond acceptors (Lipinski definition) is 4. The zero-order chi connectivity index (χ0) is 15.7. The summed E-state index contributed by atoms with van der Waals surface area (Å²) < 4.78 is 6.24. The molecule has 22 heavy (non-hydrogen) atoms. The SMILES string of the molecule is C=CCN1C(=O)/C(=C/C2=Cc3cc(Cl)ccc3OC2)SC1=S. The molecule has 0 aromatic heterocycles. The molecule has 3 nitrogen and oxygen atoms in total. The van der Waals surface area contributed by atoms with Crippen molar-refractivity contribution in [3.63, 3.8) is 0 Å². The third kappa shape index (κ3) is 2.97. The van der Waals surface area contributed by atoms with Gasteiger partial charge < -0.3 is 4.74 Å². The molecule has 1 aromatic carbocycles. The van der Waals surface area contributed by atoms with E-state index in [2.05, 4.69) is 6.58 Å². The summed E-state index contributed by atoms with van der Waals surface area (Å²) in [4.78, 5) is 14.4. The Morgan fingerprint density at radius 1 is 1.50 bits per heavy atom. The molecule has 1 saturated heterocycles. The fraction of sp³-hybridized carbons (Fsp3) is 0.125. The van der Waals surface area contributed by atoms with Gasteiger partial charge in [-0.3, -0.25) is 9.69 Å². The van der Waals surface area contributed by atoms with E-state index < -0.39 is 0 Å². The van der Waals surface area contributed by atoms with E-state index in [1.165, 1.54) is 16.7 Å². The highest BCUT2D eigenvalue weighted by Gasteiger charge is 2.31. The van der Waals surface area contributed by atoms with Gasteiger partial charge in [-0.05, 0) is 35.9 Å². The van der Waals surface area contributed by atoms with Crippen molar-refractivity contribution in [1.82, 2.24) is 4.90 Å². The number of carbonyl (C=O) groups is 1. The number of benzene rings is 1. The number of hydrogen-bond donors (Lipinski definition) is 0. The Bertz CT molecular complexity index is 740. The molecular formula is C16H12ClNO2S2. The van der Waals surface area contributed by atoms with E-state index in [0.29, 0.717) is 27.4 Å². The largest absolute Gasteiger partial charge is 0.488 e. The van der Waals surface area contributed by atoms with E-state index in [-0.39, 0.29) is 5.91 Å². The highest BCUT2D eigenvalue weighted by Crippen LogP contribution is 2.34. The lowest BCUT2D eigenvalue weighted by molar-refractivity contribution is -0.121. The summed E-state index contributed by atoms with van der Waals surface area (Å²) in [5.41, 5.74) is 1.82. The molecule has 1 amide bonds. The molecule has 3 rings (SSSR count). The maximum Gasteiger partial charge on any atom is 0.266 e. The summed E-state index contributed by atoms with van der Waals surface area (Å²) in [5, 5.41) is 0.650. The number of halogens is 1. The van der Waals surface area contributed by atoms with Crippen LogP contribution in [-0.2, 0) is 4.79 Å². The predicted octanol–water partition coefficient (Wildman–Crippen LogP) is 4.05. The molecular weight excluding hydrogens is 338 g/mol. The van der Waals surface area contributed by atoms with E-state index >= 15 is 0 Å². The lowest BCUT2D eigenvalue weighted by Gasteiger charge is -2.16. The van der Waals surface area contributed by atoms with Crippen LogP contribution >= 0.6 is 35.6 Å². The van der Waals surface area contributed by atoms with Gasteiger partial charge in [0, 0.05) is 17.1 Å². The van der Waals surface area contributed by atoms with Crippen LogP contribution in [0.15, 0.2) is 47.4 Å². The van der Waals surface area contributed by atoms with E-state index in [1.54, 1.807) is 12.1 Å². The minimum Gasteiger partial charge on any atom is -0.488 e. The predicted molar refractivity (Wildman–Crippen MR) is 95.1 cm³/mol. The van der Waals surface area contributed by atoms with E-state index in [1.807, 2.05) is 24.3 Å². The average molecular weight is 350 g/mol. The van der Waals surface area contributed by atoms with Gasteiger partial charge in [0.2, 0.25) is 0 Å². The summed E-state index contributed by atoms with van der Waals surface area (Å²) in [5.74, 6) is 0.702. The second-order valence-corrected chi connectivity index (χ2v) is 6.88. The lowest BCUT2D eigenvalue weighted by atomic mass is 10.1. The van der Waals surface area contributed by atoms with Crippen LogP contribution in [0.25, 0.3) is 6.08 Å². The molecule has 0 radical (unpaired) electrons. The van der Waals surface area contributed by atoms with Gasteiger partial charge >= 0.3 is 0 Å². The van der Waals surface area contributed by atoms with Gasteiger partial charge in [-0.15, -0.1) is 6.58 Å². The highest BCUT2D eigenvalue weighted by atomic mass is 35.5. The Balaban J connectivity index is 1.89. The highest BCUT2D eigenvalue weighted by molar-refractivity contribution is 8.26. The monoisotopic (exact) mass is 349 g/mol. The van der Waals surface area contributed by atoms with Crippen LogP contribution in [0.1, 0.15) is 5.56 Å². The molecule has 2 heterocycles. The molecule has 0 atom stereocenters. The van der Waals surface area contributed by atoms with Gasteiger partial charge in [0.05, 0.1) is 4.91 Å². The minimum atomic E-state index is -0.0901. The van der Waals surface area contributed by atoms with Crippen molar-refractivity contribution in [3.05, 3.63) is 58.0 Å². The van der Waals surface area contributed by atoms with Crippen LogP contribution in [0, 0.1) is 0 Å². The summed E-state index contributed by atoms with van der Waals surface area (Å²) >= 11 is 12.5. The second kappa shape index (κ2) is 6.28. The molecule has 0 saturated carbocycles. The fourth-order valence-corrected chi connectivity index (χ4v) is 3.68. The Morgan fingerprint density at radius 3 is 3.09 bits per heavy atom. The average Bonchev–Trinajstić information content (AvgIpc) is 2.75. The Morgan fingerprint density at radius 2 is 2.32 bits per heavy atom. The zero-order valence-electron chi connectivity index (χ0n) is 11.5. The molecule has 0 unspecified atom stereocenters. The van der Waals surface area contributed by atoms with Crippen molar-refractivity contribution >= 4 is 51.9 Å². The van der Waals surface area contributed by atoms with Crippen LogP contribution in [0.3, 0.4) is 0 Å². The first-order valence-corrected chi connectivity index (χ1v) is 8.18. The molecule has 1 fully saturated rings. The van der Waals surface area contributed by atoms with E-state index in [4.69, 9.17) is 28.6 Å². The summed E-state index contributed by atoms with van der Waals surface area (Å²) in [6.07, 6.45) is 5.46. The Kier molecular flexibility index (Phi) is 4.38. The number of carbonyl (C=O) groups excluding carboxylic acids is 1. The van der Waals surface area contributed by atoms with Gasteiger partial charge in [-0.2, -0.15) is 0 Å². The number of nitrogens with zero attached hydrogens (tertiary/aromatic N) is 1. The molecule has 6 heteroatoms. The second-order valence-electron chi connectivity index (χ2n) is 4.77. The first-order valence-electron chi connectivity index (χ1n) is 6.57. The van der Waals surface area contributed by atoms with Crippen LogP contribution in [0.5, 0.6) is 5.75 Å². The number of ether oxygens (including phenoxy) is 1. The normalized spacial score (nSPS) is 19.0. The molecule has 2 aliphatic heterocycles. The Hall–Kier alpha value is -1.56. The minimum absolute atomic E-state index is 0.0901.